The van der Waals surface area contributed by atoms with Gasteiger partial charge in [-0.05, 0) is 43.5 Å². The molecule has 1 aromatic rings. The zero-order valence-corrected chi connectivity index (χ0v) is 11.7. The summed E-state index contributed by atoms with van der Waals surface area (Å²) in [5, 5.41) is 11.3. The van der Waals surface area contributed by atoms with E-state index in [2.05, 4.69) is 4.99 Å². The van der Waals surface area contributed by atoms with Crippen molar-refractivity contribution in [3.05, 3.63) is 23.8 Å². The molecule has 8 heteroatoms. The van der Waals surface area contributed by atoms with Crippen molar-refractivity contribution < 1.29 is 41.7 Å². The Bertz CT molecular complexity index is 610. The van der Waals surface area contributed by atoms with Gasteiger partial charge in [-0.25, -0.2) is 0 Å². The van der Waals surface area contributed by atoms with Crippen LogP contribution >= 0.6 is 0 Å². The van der Waals surface area contributed by atoms with E-state index in [9.17, 15) is 18.3 Å². The second-order valence-electron chi connectivity index (χ2n) is 3.86. The van der Waals surface area contributed by atoms with E-state index in [-0.39, 0.29) is 41.6 Å². The van der Waals surface area contributed by atoms with Crippen molar-refractivity contribution in [3.8, 4) is 0 Å². The molecule has 0 saturated carbocycles. The van der Waals surface area contributed by atoms with Crippen LogP contribution in [0.4, 0.5) is 5.69 Å². The molecule has 0 aliphatic rings. The summed E-state index contributed by atoms with van der Waals surface area (Å²) in [6.07, 6.45) is -0.338. The van der Waals surface area contributed by atoms with Crippen LogP contribution in [-0.2, 0) is 14.9 Å². The number of hydrogen-bond acceptors (Lipinski definition) is 5. The third-order valence-electron chi connectivity index (χ3n) is 1.99. The molecule has 1 aromatic carbocycles. The fraction of sp³-hybridized carbons (Fsp3) is 0.273. The molecule has 0 amide bonds. The summed E-state index contributed by atoms with van der Waals surface area (Å²) in [5.41, 5.74) is 0.619. The molecule has 0 aliphatic carbocycles. The minimum absolute atomic E-state index is 0. The van der Waals surface area contributed by atoms with Crippen LogP contribution in [0.15, 0.2) is 28.1 Å². The molecule has 0 radical (unpaired) electrons. The number of Topliss-reactive ketones (excluding diaryl/α,β-unsaturated/α-hetero) is 1. The Morgan fingerprint density at radius 1 is 1.37 bits per heavy atom. The number of hydrogen-bond donors (Lipinski definition) is 1. The Labute approximate surface area is 123 Å². The predicted molar refractivity (Wildman–Crippen MR) is 63.4 cm³/mol. The van der Waals surface area contributed by atoms with Gasteiger partial charge in [0.2, 0.25) is 0 Å². The molecule has 1 rings (SSSR count). The molecule has 0 unspecified atom stereocenters. The van der Waals surface area contributed by atoms with Gasteiger partial charge in [-0.15, -0.1) is 0 Å². The van der Waals surface area contributed by atoms with E-state index in [1.807, 2.05) is 0 Å². The van der Waals surface area contributed by atoms with Crippen LogP contribution in [0.25, 0.3) is 0 Å². The fourth-order valence-corrected chi connectivity index (χ4v) is 1.94. The van der Waals surface area contributed by atoms with E-state index < -0.39 is 16.0 Å². The largest absolute Gasteiger partial charge is 1.00 e. The smallest absolute Gasteiger partial charge is 0.861 e. The normalized spacial score (nSPS) is 11.8. The molecule has 19 heavy (non-hydrogen) atoms. The number of aryl methyl sites for hydroxylation is 1. The van der Waals surface area contributed by atoms with Gasteiger partial charge in [-0.3, -0.25) is 14.3 Å². The van der Waals surface area contributed by atoms with E-state index >= 15 is 0 Å². The maximum Gasteiger partial charge on any atom is 1.00 e. The molecule has 0 heterocycles. The van der Waals surface area contributed by atoms with Crippen molar-refractivity contribution >= 4 is 27.5 Å². The number of carbonyl (C=O) groups excluding carboxylic acids is 1. The minimum atomic E-state index is -4.34. The summed E-state index contributed by atoms with van der Waals surface area (Å²) in [6.45, 7) is 2.86. The second kappa shape index (κ2) is 6.87. The molecule has 0 aromatic heterocycles. The molecular formula is C11H12LiNO5S. The van der Waals surface area contributed by atoms with E-state index in [4.69, 9.17) is 4.55 Å². The summed E-state index contributed by atoms with van der Waals surface area (Å²) < 4.78 is 30.9. The monoisotopic (exact) mass is 277 g/mol. The molecule has 98 valence electrons. The summed E-state index contributed by atoms with van der Waals surface area (Å²) >= 11 is 0. The van der Waals surface area contributed by atoms with Crippen molar-refractivity contribution in [1.29, 1.82) is 0 Å². The van der Waals surface area contributed by atoms with Gasteiger partial charge in [0.15, 0.2) is 0 Å². The fourth-order valence-electron chi connectivity index (χ4n) is 1.34. The molecule has 0 fully saturated rings. The van der Waals surface area contributed by atoms with Gasteiger partial charge in [0.1, 0.15) is 5.78 Å². The molecule has 0 saturated heterocycles. The minimum Gasteiger partial charge on any atom is -0.861 e. The summed E-state index contributed by atoms with van der Waals surface area (Å²) in [5.74, 6) is -0.985. The Morgan fingerprint density at radius 2 is 1.95 bits per heavy atom. The van der Waals surface area contributed by atoms with Gasteiger partial charge in [-0.1, -0.05) is 0 Å². The Balaban J connectivity index is 0.00000324. The summed E-state index contributed by atoms with van der Waals surface area (Å²) in [7, 11) is -4.34. The number of ketones is 1. The van der Waals surface area contributed by atoms with Crippen LogP contribution in [0.5, 0.6) is 0 Å². The zero-order valence-electron chi connectivity index (χ0n) is 10.9. The predicted octanol–water partition coefficient (Wildman–Crippen LogP) is -2.38. The van der Waals surface area contributed by atoms with E-state index in [0.717, 1.165) is 6.07 Å². The second-order valence-corrected chi connectivity index (χ2v) is 5.29. The Kier molecular flexibility index (Phi) is 6.46. The standard InChI is InChI=1S/C11H13NO5S.Li/c1-7-3-9(12-11(14)5-8(2)13)6-10(4-7)18(15,16)17;/h3-4,6H,5H2,1-2H3,(H,12,14)(H,15,16,17);/q;+1/p-1. The van der Waals surface area contributed by atoms with Crippen LogP contribution in [0, 0.1) is 6.92 Å². The molecule has 0 atom stereocenters. The van der Waals surface area contributed by atoms with E-state index in [1.54, 1.807) is 6.92 Å². The zero-order chi connectivity index (χ0) is 13.9. The third-order valence-corrected chi connectivity index (χ3v) is 2.82. The van der Waals surface area contributed by atoms with Crippen molar-refractivity contribution in [1.82, 2.24) is 0 Å². The van der Waals surface area contributed by atoms with Crippen molar-refractivity contribution in [2.75, 3.05) is 0 Å². The maximum absolute atomic E-state index is 11.3. The average Bonchev–Trinajstić information content (AvgIpc) is 2.13. The van der Waals surface area contributed by atoms with E-state index in [0.29, 0.717) is 5.56 Å². The molecular weight excluding hydrogens is 265 g/mol. The first-order chi connectivity index (χ1) is 8.18. The number of aliphatic imine (C=N–C) groups is 1. The van der Waals surface area contributed by atoms with E-state index in [1.165, 1.54) is 19.1 Å². The molecule has 0 bridgehead atoms. The van der Waals surface area contributed by atoms with Crippen LogP contribution in [0.2, 0.25) is 0 Å². The first-order valence-corrected chi connectivity index (χ1v) is 6.45. The van der Waals surface area contributed by atoms with Gasteiger partial charge < -0.3 is 5.11 Å². The first kappa shape index (κ1) is 17.9. The molecule has 6 nitrogen and oxygen atoms in total. The van der Waals surface area contributed by atoms with Gasteiger partial charge >= 0.3 is 18.9 Å². The number of rotatable bonds is 4. The van der Waals surface area contributed by atoms with Crippen LogP contribution in [0.1, 0.15) is 18.9 Å². The van der Waals surface area contributed by atoms with Crippen LogP contribution in [-0.4, -0.2) is 24.7 Å². The van der Waals surface area contributed by atoms with Crippen LogP contribution in [0.3, 0.4) is 0 Å². The SMILES string of the molecule is CC(=O)CC([O-])=Nc1cc(C)cc(S(=O)(=O)O)c1.[Li+]. The van der Waals surface area contributed by atoms with Crippen molar-refractivity contribution in [2.24, 2.45) is 4.99 Å². The molecule has 0 spiro atoms. The summed E-state index contributed by atoms with van der Waals surface area (Å²) in [4.78, 5) is 14.0. The average molecular weight is 277 g/mol. The number of carbonyl (C=O) groups is 1. The van der Waals surface area contributed by atoms with Crippen LogP contribution < -0.4 is 24.0 Å². The topological polar surface area (TPSA) is 107 Å². The molecule has 1 N–H and O–H groups in total. The quantitative estimate of drug-likeness (QED) is 0.286. The van der Waals surface area contributed by atoms with Gasteiger partial charge in [-0.2, -0.15) is 8.42 Å². The van der Waals surface area contributed by atoms with Crippen molar-refractivity contribution in [2.45, 2.75) is 25.2 Å². The Morgan fingerprint density at radius 3 is 2.42 bits per heavy atom. The maximum atomic E-state index is 11.3. The number of benzene rings is 1. The Hall–Kier alpha value is -1.13. The van der Waals surface area contributed by atoms with Gasteiger partial charge in [0, 0.05) is 6.42 Å². The summed E-state index contributed by atoms with van der Waals surface area (Å²) in [6, 6.07) is 3.80. The first-order valence-electron chi connectivity index (χ1n) is 5.01. The molecule has 0 aliphatic heterocycles. The third kappa shape index (κ3) is 6.03. The van der Waals surface area contributed by atoms with Gasteiger partial charge in [0.05, 0.1) is 10.6 Å². The van der Waals surface area contributed by atoms with Crippen molar-refractivity contribution in [3.63, 3.8) is 0 Å². The number of nitrogens with zero attached hydrogens (tertiary/aromatic N) is 1. The van der Waals surface area contributed by atoms with Gasteiger partial charge in [0.25, 0.3) is 10.1 Å².